The Morgan fingerprint density at radius 2 is 2.43 bits per heavy atom. The molecule has 0 aromatic carbocycles. The molecule has 0 atom stereocenters. The maximum Gasteiger partial charge on any atom is 0.307 e. The molecule has 0 spiro atoms. The molecule has 0 fully saturated rings. The van der Waals surface area contributed by atoms with Crippen LogP contribution in [0.2, 0.25) is 0 Å². The number of aromatic nitrogens is 4. The van der Waals surface area contributed by atoms with Crippen molar-refractivity contribution in [3.8, 4) is 0 Å². The second-order valence-corrected chi connectivity index (χ2v) is 2.94. The van der Waals surface area contributed by atoms with E-state index in [1.807, 2.05) is 0 Å². The van der Waals surface area contributed by atoms with Gasteiger partial charge in [0, 0.05) is 18.0 Å². The van der Waals surface area contributed by atoms with Crippen molar-refractivity contribution in [1.82, 2.24) is 19.6 Å². The number of nitrogens with zero attached hydrogens (tertiary/aromatic N) is 4. The van der Waals surface area contributed by atoms with Gasteiger partial charge in [-0.25, -0.2) is 9.50 Å². The highest BCUT2D eigenvalue weighted by Crippen LogP contribution is 2.01. The van der Waals surface area contributed by atoms with Gasteiger partial charge in [0.15, 0.2) is 0 Å². The SMILES string of the molecule is Cc1nc2ncc(CC(=O)O)cn2n1. The Morgan fingerprint density at radius 1 is 1.64 bits per heavy atom. The van der Waals surface area contributed by atoms with Crippen LogP contribution in [0, 0.1) is 6.92 Å². The normalized spacial score (nSPS) is 10.6. The van der Waals surface area contributed by atoms with Crippen LogP contribution in [0.1, 0.15) is 11.4 Å². The molecular weight excluding hydrogens is 184 g/mol. The molecule has 0 aliphatic carbocycles. The molecule has 0 aliphatic rings. The molecule has 0 saturated carbocycles. The summed E-state index contributed by atoms with van der Waals surface area (Å²) in [6.45, 7) is 1.76. The summed E-state index contributed by atoms with van der Waals surface area (Å²) in [5.74, 6) is 0.213. The van der Waals surface area contributed by atoms with Crippen LogP contribution in [-0.4, -0.2) is 30.7 Å². The number of rotatable bonds is 2. The zero-order valence-corrected chi connectivity index (χ0v) is 7.51. The van der Waals surface area contributed by atoms with Crippen LogP contribution in [0.25, 0.3) is 5.78 Å². The first-order chi connectivity index (χ1) is 6.65. The van der Waals surface area contributed by atoms with E-state index in [9.17, 15) is 4.79 Å². The molecule has 2 heterocycles. The first-order valence-corrected chi connectivity index (χ1v) is 4.05. The van der Waals surface area contributed by atoms with Crippen LogP contribution in [0.15, 0.2) is 12.4 Å². The van der Waals surface area contributed by atoms with Crippen LogP contribution < -0.4 is 0 Å². The number of carboxylic acid groups (broad SMARTS) is 1. The molecule has 2 aromatic rings. The van der Waals surface area contributed by atoms with E-state index in [1.54, 1.807) is 13.1 Å². The Labute approximate surface area is 79.2 Å². The third-order valence-corrected chi connectivity index (χ3v) is 1.71. The summed E-state index contributed by atoms with van der Waals surface area (Å²) >= 11 is 0. The van der Waals surface area contributed by atoms with Crippen molar-refractivity contribution in [3.05, 3.63) is 23.8 Å². The minimum Gasteiger partial charge on any atom is -0.481 e. The molecule has 0 bridgehead atoms. The molecule has 0 aliphatic heterocycles. The van der Waals surface area contributed by atoms with E-state index in [4.69, 9.17) is 5.11 Å². The number of fused-ring (bicyclic) bond motifs is 1. The Balaban J connectivity index is 2.45. The van der Waals surface area contributed by atoms with Crippen molar-refractivity contribution in [2.45, 2.75) is 13.3 Å². The Morgan fingerprint density at radius 3 is 3.14 bits per heavy atom. The lowest BCUT2D eigenvalue weighted by molar-refractivity contribution is -0.136. The third kappa shape index (κ3) is 1.54. The van der Waals surface area contributed by atoms with Gasteiger partial charge in [-0.3, -0.25) is 4.79 Å². The molecule has 0 radical (unpaired) electrons. The predicted molar refractivity (Wildman–Crippen MR) is 46.9 cm³/mol. The Kier molecular flexibility index (Phi) is 1.88. The van der Waals surface area contributed by atoms with Gasteiger partial charge >= 0.3 is 5.97 Å². The van der Waals surface area contributed by atoms with Gasteiger partial charge in [0.1, 0.15) is 5.82 Å². The van der Waals surface area contributed by atoms with Gasteiger partial charge in [0.25, 0.3) is 5.78 Å². The summed E-state index contributed by atoms with van der Waals surface area (Å²) in [6.07, 6.45) is 3.07. The van der Waals surface area contributed by atoms with E-state index in [2.05, 4.69) is 15.1 Å². The smallest absolute Gasteiger partial charge is 0.307 e. The summed E-state index contributed by atoms with van der Waals surface area (Å²) in [4.78, 5) is 18.4. The topological polar surface area (TPSA) is 80.4 Å². The van der Waals surface area contributed by atoms with Gasteiger partial charge in [0.2, 0.25) is 0 Å². The molecule has 6 nitrogen and oxygen atoms in total. The molecule has 0 unspecified atom stereocenters. The van der Waals surface area contributed by atoms with Crippen molar-refractivity contribution >= 4 is 11.7 Å². The van der Waals surface area contributed by atoms with Crippen molar-refractivity contribution < 1.29 is 9.90 Å². The zero-order valence-electron chi connectivity index (χ0n) is 7.51. The van der Waals surface area contributed by atoms with Crippen LogP contribution in [0.5, 0.6) is 0 Å². The fourth-order valence-corrected chi connectivity index (χ4v) is 1.19. The van der Waals surface area contributed by atoms with Gasteiger partial charge < -0.3 is 5.11 Å². The van der Waals surface area contributed by atoms with Crippen LogP contribution in [0.4, 0.5) is 0 Å². The largest absolute Gasteiger partial charge is 0.481 e. The molecule has 2 aromatic heterocycles. The molecule has 2 rings (SSSR count). The molecule has 0 amide bonds. The summed E-state index contributed by atoms with van der Waals surface area (Å²) in [7, 11) is 0. The standard InChI is InChI=1S/C8H8N4O2/c1-5-10-8-9-3-6(2-7(13)14)4-12(8)11-5/h3-4H,2H2,1H3,(H,13,14). The van der Waals surface area contributed by atoms with Crippen molar-refractivity contribution in [2.24, 2.45) is 0 Å². The fourth-order valence-electron chi connectivity index (χ4n) is 1.19. The van der Waals surface area contributed by atoms with Crippen molar-refractivity contribution in [2.75, 3.05) is 0 Å². The van der Waals surface area contributed by atoms with Crippen LogP contribution in [0.3, 0.4) is 0 Å². The first-order valence-electron chi connectivity index (χ1n) is 4.05. The van der Waals surface area contributed by atoms with Gasteiger partial charge in [-0.1, -0.05) is 0 Å². The zero-order chi connectivity index (χ0) is 10.1. The molecule has 0 saturated heterocycles. The maximum atomic E-state index is 10.4. The number of aliphatic carboxylic acids is 1. The summed E-state index contributed by atoms with van der Waals surface area (Å²) in [6, 6.07) is 0. The van der Waals surface area contributed by atoms with E-state index in [-0.39, 0.29) is 6.42 Å². The van der Waals surface area contributed by atoms with Crippen LogP contribution in [-0.2, 0) is 11.2 Å². The summed E-state index contributed by atoms with van der Waals surface area (Å²) in [5.41, 5.74) is 0.606. The number of aryl methyl sites for hydroxylation is 1. The second-order valence-electron chi connectivity index (χ2n) is 2.94. The predicted octanol–water partition coefficient (Wildman–Crippen LogP) is 0.0598. The summed E-state index contributed by atoms with van der Waals surface area (Å²) < 4.78 is 1.48. The van der Waals surface area contributed by atoms with E-state index in [0.29, 0.717) is 17.2 Å². The van der Waals surface area contributed by atoms with E-state index in [1.165, 1.54) is 10.7 Å². The minimum absolute atomic E-state index is 0.0537. The van der Waals surface area contributed by atoms with Gasteiger partial charge in [0.05, 0.1) is 6.42 Å². The quantitative estimate of drug-likeness (QED) is 0.727. The average Bonchev–Trinajstić information content (AvgIpc) is 2.42. The van der Waals surface area contributed by atoms with Crippen molar-refractivity contribution in [1.29, 1.82) is 0 Å². The molecule has 72 valence electrons. The van der Waals surface area contributed by atoms with E-state index >= 15 is 0 Å². The molecule has 6 heteroatoms. The highest BCUT2D eigenvalue weighted by atomic mass is 16.4. The van der Waals surface area contributed by atoms with Gasteiger partial charge in [-0.15, -0.1) is 0 Å². The highest BCUT2D eigenvalue weighted by Gasteiger charge is 2.04. The average molecular weight is 192 g/mol. The first kappa shape index (κ1) is 8.61. The molecule has 14 heavy (non-hydrogen) atoms. The van der Waals surface area contributed by atoms with Gasteiger partial charge in [-0.2, -0.15) is 10.1 Å². The van der Waals surface area contributed by atoms with E-state index in [0.717, 1.165) is 0 Å². The molecular formula is C8H8N4O2. The van der Waals surface area contributed by atoms with Crippen LogP contribution >= 0.6 is 0 Å². The summed E-state index contributed by atoms with van der Waals surface area (Å²) in [5, 5.41) is 12.6. The minimum atomic E-state index is -0.886. The lowest BCUT2D eigenvalue weighted by Crippen LogP contribution is -2.02. The Bertz CT molecular complexity index is 491. The Hall–Kier alpha value is -1.98. The lowest BCUT2D eigenvalue weighted by atomic mass is 10.2. The fraction of sp³-hybridized carbons (Fsp3) is 0.250. The second kappa shape index (κ2) is 3.06. The number of carbonyl (C=O) groups is 1. The number of carboxylic acids is 1. The number of hydrogen-bond acceptors (Lipinski definition) is 4. The van der Waals surface area contributed by atoms with Crippen molar-refractivity contribution in [3.63, 3.8) is 0 Å². The van der Waals surface area contributed by atoms with E-state index < -0.39 is 5.97 Å². The highest BCUT2D eigenvalue weighted by molar-refractivity contribution is 5.69. The third-order valence-electron chi connectivity index (χ3n) is 1.71. The number of hydrogen-bond donors (Lipinski definition) is 1. The maximum absolute atomic E-state index is 10.4. The monoisotopic (exact) mass is 192 g/mol. The lowest BCUT2D eigenvalue weighted by Gasteiger charge is -1.95. The van der Waals surface area contributed by atoms with Gasteiger partial charge in [-0.05, 0) is 6.92 Å². The molecule has 1 N–H and O–H groups in total.